The zero-order valence-corrected chi connectivity index (χ0v) is 8.86. The van der Waals surface area contributed by atoms with Gasteiger partial charge in [-0.2, -0.15) is 0 Å². The summed E-state index contributed by atoms with van der Waals surface area (Å²) in [6.45, 7) is 11.1. The van der Waals surface area contributed by atoms with E-state index in [9.17, 15) is 0 Å². The monoisotopic (exact) mass is 177 g/mol. The lowest BCUT2D eigenvalue weighted by Gasteiger charge is -2.27. The molecular weight excluding hydrogens is 158 g/mol. The van der Waals surface area contributed by atoms with Gasteiger partial charge in [-0.25, -0.2) is 0 Å². The first-order chi connectivity index (χ1) is 5.07. The van der Waals surface area contributed by atoms with Crippen molar-refractivity contribution in [2.45, 2.75) is 33.7 Å². The molecule has 0 radical (unpaired) electrons. The predicted molar refractivity (Wildman–Crippen MR) is 52.3 cm³/mol. The molecular formula is C9H20ClN. The Morgan fingerprint density at radius 3 is 2.00 bits per heavy atom. The molecule has 0 aromatic rings. The molecule has 1 nitrogen and oxygen atoms in total. The van der Waals surface area contributed by atoms with Crippen LogP contribution in [0.1, 0.15) is 27.7 Å². The summed E-state index contributed by atoms with van der Waals surface area (Å²) < 4.78 is 0. The molecule has 0 N–H and O–H groups in total. The average molecular weight is 178 g/mol. The minimum absolute atomic E-state index is 0.621. The number of hydrogen-bond acceptors (Lipinski definition) is 1. The molecule has 0 aliphatic carbocycles. The SMILES string of the molecule is CC(C)CN(CCCl)C(C)C. The Hall–Kier alpha value is 0.250. The first-order valence-corrected chi connectivity index (χ1v) is 4.91. The van der Waals surface area contributed by atoms with Gasteiger partial charge in [0.2, 0.25) is 0 Å². The molecule has 0 aliphatic rings. The fourth-order valence-corrected chi connectivity index (χ4v) is 1.35. The zero-order valence-electron chi connectivity index (χ0n) is 8.10. The lowest BCUT2D eigenvalue weighted by molar-refractivity contribution is 0.209. The highest BCUT2D eigenvalue weighted by atomic mass is 35.5. The Morgan fingerprint density at radius 2 is 1.73 bits per heavy atom. The van der Waals surface area contributed by atoms with Crippen molar-refractivity contribution < 1.29 is 0 Å². The van der Waals surface area contributed by atoms with Crippen LogP contribution in [0.3, 0.4) is 0 Å². The summed E-state index contributed by atoms with van der Waals surface area (Å²) >= 11 is 5.68. The van der Waals surface area contributed by atoms with Crippen LogP contribution >= 0.6 is 11.6 Å². The smallest absolute Gasteiger partial charge is 0.0351 e. The molecule has 0 fully saturated rings. The molecule has 0 unspecified atom stereocenters. The van der Waals surface area contributed by atoms with Crippen LogP contribution in [0.4, 0.5) is 0 Å². The fraction of sp³-hybridized carbons (Fsp3) is 1.00. The minimum atomic E-state index is 0.621. The van der Waals surface area contributed by atoms with Gasteiger partial charge < -0.3 is 0 Å². The van der Waals surface area contributed by atoms with Gasteiger partial charge in [-0.3, -0.25) is 4.90 Å². The van der Waals surface area contributed by atoms with E-state index in [2.05, 4.69) is 32.6 Å². The standard InChI is InChI=1S/C9H20ClN/c1-8(2)7-11(6-5-10)9(3)4/h8-9H,5-7H2,1-4H3. The fourth-order valence-electron chi connectivity index (χ4n) is 1.14. The molecule has 11 heavy (non-hydrogen) atoms. The van der Waals surface area contributed by atoms with Gasteiger partial charge in [0.15, 0.2) is 0 Å². The van der Waals surface area contributed by atoms with Crippen molar-refractivity contribution in [3.05, 3.63) is 0 Å². The van der Waals surface area contributed by atoms with E-state index in [1.54, 1.807) is 0 Å². The Morgan fingerprint density at radius 1 is 1.18 bits per heavy atom. The van der Waals surface area contributed by atoms with Crippen LogP contribution < -0.4 is 0 Å². The molecule has 0 aromatic heterocycles. The molecule has 0 heterocycles. The van der Waals surface area contributed by atoms with Crippen LogP contribution in [0.25, 0.3) is 0 Å². The second kappa shape index (κ2) is 5.84. The van der Waals surface area contributed by atoms with E-state index in [0.29, 0.717) is 6.04 Å². The molecule has 0 bridgehead atoms. The number of hydrogen-bond donors (Lipinski definition) is 0. The van der Waals surface area contributed by atoms with Gasteiger partial charge in [0.25, 0.3) is 0 Å². The Bertz CT molecular complexity index is 91.6. The molecule has 0 aliphatic heterocycles. The lowest BCUT2D eigenvalue weighted by atomic mass is 10.2. The molecule has 0 atom stereocenters. The highest BCUT2D eigenvalue weighted by Crippen LogP contribution is 2.03. The Kier molecular flexibility index (Phi) is 5.98. The third-order valence-electron chi connectivity index (χ3n) is 1.70. The molecule has 2 heteroatoms. The molecule has 0 spiro atoms. The summed E-state index contributed by atoms with van der Waals surface area (Å²) in [5, 5.41) is 0. The third kappa shape index (κ3) is 5.51. The van der Waals surface area contributed by atoms with Crippen molar-refractivity contribution in [3.8, 4) is 0 Å². The summed E-state index contributed by atoms with van der Waals surface area (Å²) in [5.41, 5.74) is 0. The number of halogens is 1. The van der Waals surface area contributed by atoms with Gasteiger partial charge in [-0.05, 0) is 19.8 Å². The first kappa shape index (κ1) is 11.2. The molecule has 0 rings (SSSR count). The van der Waals surface area contributed by atoms with Crippen molar-refractivity contribution in [2.24, 2.45) is 5.92 Å². The quantitative estimate of drug-likeness (QED) is 0.584. The molecule has 0 saturated carbocycles. The van der Waals surface area contributed by atoms with Gasteiger partial charge in [0.1, 0.15) is 0 Å². The van der Waals surface area contributed by atoms with E-state index < -0.39 is 0 Å². The van der Waals surface area contributed by atoms with E-state index in [4.69, 9.17) is 11.6 Å². The maximum Gasteiger partial charge on any atom is 0.0351 e. The maximum absolute atomic E-state index is 5.68. The summed E-state index contributed by atoms with van der Waals surface area (Å²) in [6.07, 6.45) is 0. The van der Waals surface area contributed by atoms with Crippen LogP contribution in [0, 0.1) is 5.92 Å². The number of alkyl halides is 1. The minimum Gasteiger partial charge on any atom is -0.300 e. The van der Waals surface area contributed by atoms with Gasteiger partial charge >= 0.3 is 0 Å². The largest absolute Gasteiger partial charge is 0.300 e. The topological polar surface area (TPSA) is 3.24 Å². The van der Waals surface area contributed by atoms with Crippen molar-refractivity contribution in [1.29, 1.82) is 0 Å². The molecule has 0 saturated heterocycles. The summed E-state index contributed by atoms with van der Waals surface area (Å²) in [7, 11) is 0. The van der Waals surface area contributed by atoms with E-state index in [0.717, 1.165) is 24.9 Å². The molecule has 0 amide bonds. The second-order valence-corrected chi connectivity index (χ2v) is 4.05. The second-order valence-electron chi connectivity index (χ2n) is 3.67. The van der Waals surface area contributed by atoms with Crippen LogP contribution in [-0.4, -0.2) is 29.9 Å². The number of rotatable bonds is 5. The van der Waals surface area contributed by atoms with E-state index in [1.165, 1.54) is 0 Å². The molecule has 68 valence electrons. The summed E-state index contributed by atoms with van der Waals surface area (Å²) in [4.78, 5) is 2.41. The van der Waals surface area contributed by atoms with Crippen LogP contribution in [0.5, 0.6) is 0 Å². The summed E-state index contributed by atoms with van der Waals surface area (Å²) in [6, 6.07) is 0.621. The highest BCUT2D eigenvalue weighted by Gasteiger charge is 2.09. The Labute approximate surface area is 75.7 Å². The van der Waals surface area contributed by atoms with Crippen molar-refractivity contribution >= 4 is 11.6 Å². The first-order valence-electron chi connectivity index (χ1n) is 4.38. The third-order valence-corrected chi connectivity index (χ3v) is 1.87. The zero-order chi connectivity index (χ0) is 8.85. The highest BCUT2D eigenvalue weighted by molar-refractivity contribution is 6.18. The van der Waals surface area contributed by atoms with Gasteiger partial charge in [0, 0.05) is 25.0 Å². The lowest BCUT2D eigenvalue weighted by Crippen LogP contribution is -2.35. The summed E-state index contributed by atoms with van der Waals surface area (Å²) in [5.74, 6) is 1.48. The van der Waals surface area contributed by atoms with Crippen molar-refractivity contribution in [1.82, 2.24) is 4.90 Å². The normalized spacial score (nSPS) is 12.0. The predicted octanol–water partition coefficient (Wildman–Crippen LogP) is 2.59. The Balaban J connectivity index is 3.69. The van der Waals surface area contributed by atoms with Gasteiger partial charge in [0.05, 0.1) is 0 Å². The van der Waals surface area contributed by atoms with Crippen molar-refractivity contribution in [3.63, 3.8) is 0 Å². The van der Waals surface area contributed by atoms with Crippen LogP contribution in [0.2, 0.25) is 0 Å². The van der Waals surface area contributed by atoms with E-state index in [-0.39, 0.29) is 0 Å². The maximum atomic E-state index is 5.68. The van der Waals surface area contributed by atoms with E-state index in [1.807, 2.05) is 0 Å². The van der Waals surface area contributed by atoms with Crippen LogP contribution in [0.15, 0.2) is 0 Å². The number of nitrogens with zero attached hydrogens (tertiary/aromatic N) is 1. The van der Waals surface area contributed by atoms with Gasteiger partial charge in [-0.15, -0.1) is 11.6 Å². The molecule has 0 aromatic carbocycles. The van der Waals surface area contributed by atoms with Crippen molar-refractivity contribution in [2.75, 3.05) is 19.0 Å². The average Bonchev–Trinajstić information content (AvgIpc) is 1.86. The van der Waals surface area contributed by atoms with E-state index >= 15 is 0 Å². The van der Waals surface area contributed by atoms with Gasteiger partial charge in [-0.1, -0.05) is 13.8 Å². The van der Waals surface area contributed by atoms with Crippen LogP contribution in [-0.2, 0) is 0 Å².